The number of para-hydroxylation sites is 3. The van der Waals surface area contributed by atoms with Crippen LogP contribution in [0.2, 0.25) is 0 Å². The van der Waals surface area contributed by atoms with E-state index in [9.17, 15) is 0 Å². The van der Waals surface area contributed by atoms with Crippen LogP contribution < -0.4 is 0 Å². The van der Waals surface area contributed by atoms with Gasteiger partial charge in [0.25, 0.3) is 0 Å². The van der Waals surface area contributed by atoms with Gasteiger partial charge in [-0.15, -0.1) is 0 Å². The molecule has 6 aromatic carbocycles. The van der Waals surface area contributed by atoms with E-state index in [0.29, 0.717) is 0 Å². The van der Waals surface area contributed by atoms with E-state index in [0.717, 1.165) is 82.7 Å². The number of hydrogen-bond acceptors (Lipinski definition) is 3. The van der Waals surface area contributed by atoms with E-state index in [1.54, 1.807) is 0 Å². The lowest BCUT2D eigenvalue weighted by molar-refractivity contribution is 0.669. The van der Waals surface area contributed by atoms with E-state index in [-0.39, 0.29) is 0 Å². The maximum absolute atomic E-state index is 6.15. The number of aromatic nitrogens is 4. The number of aryl methyl sites for hydroxylation is 2. The van der Waals surface area contributed by atoms with Crippen molar-refractivity contribution in [2.45, 2.75) is 13.8 Å². The van der Waals surface area contributed by atoms with E-state index in [4.69, 9.17) is 14.4 Å². The highest BCUT2D eigenvalue weighted by Crippen LogP contribution is 2.40. The van der Waals surface area contributed by atoms with Crippen LogP contribution in [0, 0.1) is 13.8 Å². The van der Waals surface area contributed by atoms with Crippen LogP contribution in [-0.2, 0) is 0 Å². The van der Waals surface area contributed by atoms with Gasteiger partial charge in [-0.05, 0) is 120 Å². The van der Waals surface area contributed by atoms with Crippen LogP contribution in [0.25, 0.3) is 99.4 Å². The summed E-state index contributed by atoms with van der Waals surface area (Å²) in [4.78, 5) is 9.70. The number of fused-ring (bicyclic) bond motifs is 9. The van der Waals surface area contributed by atoms with Gasteiger partial charge in [-0.2, -0.15) is 0 Å². The third kappa shape index (κ3) is 4.44. The van der Waals surface area contributed by atoms with Crippen LogP contribution in [0.15, 0.2) is 162 Å². The summed E-state index contributed by atoms with van der Waals surface area (Å²) in [6, 6.07) is 52.0. The molecule has 0 saturated carbocycles. The maximum atomic E-state index is 6.15. The zero-order chi connectivity index (χ0) is 35.2. The minimum atomic E-state index is 0.907. The smallest absolute Gasteiger partial charge is 0.135 e. The second-order valence-corrected chi connectivity index (χ2v) is 14.0. The number of rotatable bonds is 4. The number of nitrogens with zero attached hydrogens (tertiary/aromatic N) is 4. The van der Waals surface area contributed by atoms with Crippen LogP contribution in [0.3, 0.4) is 0 Å². The SMILES string of the molecule is Cc1cc(-c2ccc3oc4ccccc4c3c2)cc(C)c1-c1cc(-n2c3ccccc3c3ncccc32)cc(-n2c3ccccc3c3ncccc32)c1. The second-order valence-electron chi connectivity index (χ2n) is 14.0. The Bertz CT molecular complexity index is 3010. The predicted octanol–water partition coefficient (Wildman–Crippen LogP) is 12.5. The summed E-state index contributed by atoms with van der Waals surface area (Å²) >= 11 is 0. The van der Waals surface area contributed by atoms with Gasteiger partial charge in [0.05, 0.1) is 33.1 Å². The zero-order valence-corrected chi connectivity index (χ0v) is 29.2. The van der Waals surface area contributed by atoms with Gasteiger partial charge in [0.1, 0.15) is 11.2 Å². The average molecular weight is 681 g/mol. The molecule has 53 heavy (non-hydrogen) atoms. The second kappa shape index (κ2) is 11.3. The van der Waals surface area contributed by atoms with Crippen molar-refractivity contribution in [3.8, 4) is 33.6 Å². The minimum Gasteiger partial charge on any atom is -0.456 e. The quantitative estimate of drug-likeness (QED) is 0.186. The van der Waals surface area contributed by atoms with Crippen LogP contribution >= 0.6 is 0 Å². The van der Waals surface area contributed by atoms with E-state index < -0.39 is 0 Å². The Kier molecular flexibility index (Phi) is 6.31. The first-order valence-corrected chi connectivity index (χ1v) is 18.0. The Labute approximate surface area is 305 Å². The van der Waals surface area contributed by atoms with Gasteiger partial charge in [0.2, 0.25) is 0 Å². The van der Waals surface area contributed by atoms with Crippen molar-refractivity contribution in [3.63, 3.8) is 0 Å². The van der Waals surface area contributed by atoms with Crippen molar-refractivity contribution in [1.29, 1.82) is 0 Å². The molecule has 0 radical (unpaired) electrons. The molecule has 0 aliphatic rings. The summed E-state index contributed by atoms with van der Waals surface area (Å²) in [7, 11) is 0. The molecular formula is C48H32N4O. The molecular weight excluding hydrogens is 649 g/mol. The van der Waals surface area contributed by atoms with Crippen LogP contribution in [0.4, 0.5) is 0 Å². The number of furan rings is 1. The highest BCUT2D eigenvalue weighted by atomic mass is 16.3. The third-order valence-corrected chi connectivity index (χ3v) is 10.8. The minimum absolute atomic E-state index is 0.907. The molecule has 0 amide bonds. The Morgan fingerprint density at radius 2 is 0.943 bits per heavy atom. The van der Waals surface area contributed by atoms with Gasteiger partial charge in [-0.3, -0.25) is 9.97 Å². The Hall–Kier alpha value is -6.98. The molecule has 11 aromatic rings. The lowest BCUT2D eigenvalue weighted by Gasteiger charge is -2.18. The van der Waals surface area contributed by atoms with Crippen molar-refractivity contribution < 1.29 is 4.42 Å². The summed E-state index contributed by atoms with van der Waals surface area (Å²) < 4.78 is 10.9. The molecule has 5 aromatic heterocycles. The van der Waals surface area contributed by atoms with Crippen LogP contribution in [0.1, 0.15) is 11.1 Å². The lowest BCUT2D eigenvalue weighted by Crippen LogP contribution is -2.01. The van der Waals surface area contributed by atoms with Crippen LogP contribution in [-0.4, -0.2) is 19.1 Å². The van der Waals surface area contributed by atoms with Crippen molar-refractivity contribution in [1.82, 2.24) is 19.1 Å². The van der Waals surface area contributed by atoms with Crippen molar-refractivity contribution >= 4 is 65.8 Å². The third-order valence-electron chi connectivity index (χ3n) is 10.8. The molecule has 250 valence electrons. The van der Waals surface area contributed by atoms with Gasteiger partial charge in [0.15, 0.2) is 0 Å². The van der Waals surface area contributed by atoms with Crippen molar-refractivity contribution in [3.05, 3.63) is 169 Å². The summed E-state index contributed by atoms with van der Waals surface area (Å²) in [6.07, 6.45) is 3.76. The largest absolute Gasteiger partial charge is 0.456 e. The molecule has 0 bridgehead atoms. The molecule has 0 atom stereocenters. The van der Waals surface area contributed by atoms with Crippen molar-refractivity contribution in [2.24, 2.45) is 0 Å². The Balaban J connectivity index is 1.17. The van der Waals surface area contributed by atoms with E-state index in [2.05, 4.69) is 144 Å². The number of benzene rings is 6. The van der Waals surface area contributed by atoms with Crippen LogP contribution in [0.5, 0.6) is 0 Å². The van der Waals surface area contributed by atoms with Crippen molar-refractivity contribution in [2.75, 3.05) is 0 Å². The summed E-state index contributed by atoms with van der Waals surface area (Å²) in [5.41, 5.74) is 17.5. The molecule has 0 spiro atoms. The molecule has 5 nitrogen and oxygen atoms in total. The highest BCUT2D eigenvalue weighted by molar-refractivity contribution is 6.09. The highest BCUT2D eigenvalue weighted by Gasteiger charge is 2.20. The number of hydrogen-bond donors (Lipinski definition) is 0. The Morgan fingerprint density at radius 1 is 0.415 bits per heavy atom. The molecule has 5 heterocycles. The fourth-order valence-electron chi connectivity index (χ4n) is 8.61. The zero-order valence-electron chi connectivity index (χ0n) is 29.2. The molecule has 0 aliphatic heterocycles. The topological polar surface area (TPSA) is 48.8 Å². The molecule has 0 aliphatic carbocycles. The normalized spacial score (nSPS) is 12.0. The first kappa shape index (κ1) is 29.7. The molecule has 0 saturated heterocycles. The predicted molar refractivity (Wildman–Crippen MR) is 218 cm³/mol. The Morgan fingerprint density at radius 3 is 1.57 bits per heavy atom. The van der Waals surface area contributed by atoms with E-state index >= 15 is 0 Å². The first-order chi connectivity index (χ1) is 26.1. The average Bonchev–Trinajstić information content (AvgIpc) is 3.85. The van der Waals surface area contributed by atoms with Gasteiger partial charge in [-0.25, -0.2) is 0 Å². The summed E-state index contributed by atoms with van der Waals surface area (Å²) in [5.74, 6) is 0. The van der Waals surface area contributed by atoms with Gasteiger partial charge < -0.3 is 13.6 Å². The molecule has 0 N–H and O–H groups in total. The monoisotopic (exact) mass is 680 g/mol. The standard InChI is InChI=1S/C48H32N4O/c1-29-23-32(31-19-20-45-39(27-31)36-11-5-8-18-44(36)53-45)24-30(2)46(29)33-25-34(51-40-14-6-3-12-37(40)47-42(51)16-9-21-49-47)28-35(26-33)52-41-15-7-4-13-38(41)48-43(52)17-10-22-50-48/h3-28H,1-2H3. The molecule has 11 rings (SSSR count). The lowest BCUT2D eigenvalue weighted by atomic mass is 9.90. The summed E-state index contributed by atoms with van der Waals surface area (Å²) in [5, 5.41) is 4.54. The summed E-state index contributed by atoms with van der Waals surface area (Å²) in [6.45, 7) is 4.47. The molecule has 0 fully saturated rings. The maximum Gasteiger partial charge on any atom is 0.135 e. The fourth-order valence-corrected chi connectivity index (χ4v) is 8.61. The van der Waals surface area contributed by atoms with Gasteiger partial charge in [-0.1, -0.05) is 72.8 Å². The fraction of sp³-hybridized carbons (Fsp3) is 0.0417. The van der Waals surface area contributed by atoms with E-state index in [1.807, 2.05) is 36.7 Å². The molecule has 0 unspecified atom stereocenters. The first-order valence-electron chi connectivity index (χ1n) is 18.0. The molecule has 5 heteroatoms. The van der Waals surface area contributed by atoms with E-state index in [1.165, 1.54) is 27.8 Å². The van der Waals surface area contributed by atoms with Gasteiger partial charge in [0, 0.05) is 45.3 Å². The number of pyridine rings is 2. The van der Waals surface area contributed by atoms with Gasteiger partial charge >= 0.3 is 0 Å².